The topological polar surface area (TPSA) is 77.3 Å². The third-order valence-corrected chi connectivity index (χ3v) is 5.19. The maximum absolute atomic E-state index is 13.4. The molecule has 1 aliphatic rings. The lowest BCUT2D eigenvalue weighted by Gasteiger charge is -2.27. The Morgan fingerprint density at radius 3 is 2.42 bits per heavy atom. The number of unbranched alkanes of at least 4 members (excludes halogenated alkanes) is 3. The third kappa shape index (κ3) is 5.08. The number of ketones is 1. The number of hydrogen-bond acceptors (Lipinski definition) is 6. The fourth-order valence-corrected chi connectivity index (χ4v) is 3.53. The lowest BCUT2D eigenvalue weighted by atomic mass is 9.91. The number of aliphatic imine (C=N–C) groups is 1. The molecule has 0 spiro atoms. The first-order valence-electron chi connectivity index (χ1n) is 10.6. The van der Waals surface area contributed by atoms with Crippen LogP contribution in [-0.4, -0.2) is 37.6 Å². The minimum atomic E-state index is -0.944. The Morgan fingerprint density at radius 1 is 1.00 bits per heavy atom. The maximum atomic E-state index is 13.4. The molecule has 6 nitrogen and oxygen atoms in total. The monoisotopic (exact) mass is 423 g/mol. The number of carbonyl (C=O) groups excluding carboxylic acids is 1. The first kappa shape index (κ1) is 22.4. The minimum absolute atomic E-state index is 0.0923. The highest BCUT2D eigenvalue weighted by Gasteiger charge is 2.37. The highest BCUT2D eigenvalue weighted by molar-refractivity contribution is 6.30. The van der Waals surface area contributed by atoms with Gasteiger partial charge < -0.3 is 19.3 Å². The van der Waals surface area contributed by atoms with Gasteiger partial charge in [0, 0.05) is 12.1 Å². The van der Waals surface area contributed by atoms with E-state index < -0.39 is 6.10 Å². The molecule has 0 aliphatic carbocycles. The Hall–Kier alpha value is -3.28. The van der Waals surface area contributed by atoms with Gasteiger partial charge in [0.2, 0.25) is 5.78 Å². The molecule has 164 valence electrons. The van der Waals surface area contributed by atoms with Crippen LogP contribution >= 0.6 is 0 Å². The SMILES string of the molecule is CCCCCCN=C1OC(c2ccc(OC)c(OC)c2)C(=O)C(c2ccccc2)=C1O. The number of rotatable bonds is 9. The van der Waals surface area contributed by atoms with Crippen molar-refractivity contribution in [3.05, 3.63) is 65.4 Å². The van der Waals surface area contributed by atoms with Crippen LogP contribution in [0.25, 0.3) is 5.57 Å². The zero-order chi connectivity index (χ0) is 22.2. The molecular weight excluding hydrogens is 394 g/mol. The molecule has 0 aromatic heterocycles. The van der Waals surface area contributed by atoms with Gasteiger partial charge in [-0.05, 0) is 24.1 Å². The van der Waals surface area contributed by atoms with Gasteiger partial charge in [0.05, 0.1) is 19.8 Å². The lowest BCUT2D eigenvalue weighted by Crippen LogP contribution is -2.29. The third-order valence-electron chi connectivity index (χ3n) is 5.19. The Bertz CT molecular complexity index is 965. The molecule has 1 unspecified atom stereocenters. The minimum Gasteiger partial charge on any atom is -0.503 e. The second-order valence-corrected chi connectivity index (χ2v) is 7.31. The molecule has 0 saturated carbocycles. The second-order valence-electron chi connectivity index (χ2n) is 7.31. The van der Waals surface area contributed by atoms with Crippen LogP contribution in [0.5, 0.6) is 11.5 Å². The van der Waals surface area contributed by atoms with E-state index in [0.717, 1.165) is 25.7 Å². The van der Waals surface area contributed by atoms with Crippen LogP contribution in [0.2, 0.25) is 0 Å². The number of aliphatic hydroxyl groups excluding tert-OH is 1. The number of aliphatic hydroxyl groups is 1. The zero-order valence-corrected chi connectivity index (χ0v) is 18.3. The van der Waals surface area contributed by atoms with Crippen molar-refractivity contribution < 1.29 is 24.1 Å². The summed E-state index contributed by atoms with van der Waals surface area (Å²) in [6.07, 6.45) is 3.27. The molecule has 2 aromatic rings. The van der Waals surface area contributed by atoms with Gasteiger partial charge in [-0.2, -0.15) is 0 Å². The quantitative estimate of drug-likeness (QED) is 0.554. The van der Waals surface area contributed by atoms with E-state index in [1.54, 1.807) is 37.4 Å². The smallest absolute Gasteiger partial charge is 0.254 e. The fourth-order valence-electron chi connectivity index (χ4n) is 3.53. The van der Waals surface area contributed by atoms with Gasteiger partial charge in [0.1, 0.15) is 0 Å². The van der Waals surface area contributed by atoms with Crippen LogP contribution in [0, 0.1) is 0 Å². The lowest BCUT2D eigenvalue weighted by molar-refractivity contribution is -0.121. The fraction of sp³-hybridized carbons (Fsp3) is 0.360. The molecule has 6 heteroatoms. The number of ether oxygens (including phenoxy) is 3. The van der Waals surface area contributed by atoms with E-state index in [9.17, 15) is 9.90 Å². The summed E-state index contributed by atoms with van der Waals surface area (Å²) in [7, 11) is 3.09. The van der Waals surface area contributed by atoms with Crippen molar-refractivity contribution in [3.8, 4) is 11.5 Å². The molecule has 0 radical (unpaired) electrons. The maximum Gasteiger partial charge on any atom is 0.254 e. The standard InChI is InChI=1S/C25H29NO5/c1-4-5-6-10-15-26-25-23(28)21(17-11-8-7-9-12-17)22(27)24(31-25)18-13-14-19(29-2)20(16-18)30-3/h7-9,11-14,16,24,28H,4-6,10,15H2,1-3H3. The molecule has 1 heterocycles. The van der Waals surface area contributed by atoms with Gasteiger partial charge in [-0.25, -0.2) is 4.99 Å². The normalized spacial score (nSPS) is 17.6. The van der Waals surface area contributed by atoms with Crippen molar-refractivity contribution >= 4 is 17.3 Å². The molecule has 0 bridgehead atoms. The molecule has 2 aromatic carbocycles. The van der Waals surface area contributed by atoms with Crippen molar-refractivity contribution in [2.24, 2.45) is 4.99 Å². The molecule has 0 fully saturated rings. The van der Waals surface area contributed by atoms with Crippen LogP contribution < -0.4 is 9.47 Å². The summed E-state index contributed by atoms with van der Waals surface area (Å²) in [6, 6.07) is 14.3. The summed E-state index contributed by atoms with van der Waals surface area (Å²) in [5.74, 6) is 0.592. The largest absolute Gasteiger partial charge is 0.503 e. The van der Waals surface area contributed by atoms with Gasteiger partial charge in [-0.3, -0.25) is 4.79 Å². The van der Waals surface area contributed by atoms with Crippen molar-refractivity contribution in [1.29, 1.82) is 0 Å². The predicted molar refractivity (Wildman–Crippen MR) is 121 cm³/mol. The molecule has 1 N–H and O–H groups in total. The second kappa shape index (κ2) is 10.7. The van der Waals surface area contributed by atoms with Gasteiger partial charge in [0.15, 0.2) is 23.4 Å². The summed E-state index contributed by atoms with van der Waals surface area (Å²) >= 11 is 0. The molecule has 0 amide bonds. The summed E-state index contributed by atoms with van der Waals surface area (Å²) in [4.78, 5) is 17.9. The van der Waals surface area contributed by atoms with E-state index in [1.807, 2.05) is 18.2 Å². The van der Waals surface area contributed by atoms with Crippen molar-refractivity contribution in [2.75, 3.05) is 20.8 Å². The highest BCUT2D eigenvalue weighted by Crippen LogP contribution is 2.37. The average Bonchev–Trinajstić information content (AvgIpc) is 2.80. The van der Waals surface area contributed by atoms with Crippen molar-refractivity contribution in [2.45, 2.75) is 38.7 Å². The molecule has 1 atom stereocenters. The van der Waals surface area contributed by atoms with Crippen molar-refractivity contribution in [3.63, 3.8) is 0 Å². The molecule has 0 saturated heterocycles. The van der Waals surface area contributed by atoms with E-state index in [2.05, 4.69) is 11.9 Å². The highest BCUT2D eigenvalue weighted by atomic mass is 16.5. The summed E-state index contributed by atoms with van der Waals surface area (Å²) in [5, 5.41) is 10.9. The van der Waals surface area contributed by atoms with Gasteiger partial charge >= 0.3 is 0 Å². The zero-order valence-electron chi connectivity index (χ0n) is 18.3. The molecule has 1 aliphatic heterocycles. The van der Waals surface area contributed by atoms with Gasteiger partial charge in [-0.1, -0.05) is 62.6 Å². The van der Waals surface area contributed by atoms with E-state index in [4.69, 9.17) is 14.2 Å². The number of hydrogen-bond donors (Lipinski definition) is 1. The average molecular weight is 424 g/mol. The van der Waals surface area contributed by atoms with E-state index in [0.29, 0.717) is 29.2 Å². The number of nitrogens with zero attached hydrogens (tertiary/aromatic N) is 1. The first-order valence-corrected chi connectivity index (χ1v) is 10.6. The number of carbonyl (C=O) groups is 1. The first-order chi connectivity index (χ1) is 15.1. The molecule has 3 rings (SSSR count). The van der Waals surface area contributed by atoms with E-state index >= 15 is 0 Å². The number of Topliss-reactive ketones (excluding diaryl/α,β-unsaturated/α-hetero) is 1. The number of methoxy groups -OCH3 is 2. The van der Waals surface area contributed by atoms with Crippen LogP contribution in [0.3, 0.4) is 0 Å². The Morgan fingerprint density at radius 2 is 1.74 bits per heavy atom. The van der Waals surface area contributed by atoms with Gasteiger partial charge in [-0.15, -0.1) is 0 Å². The molecular formula is C25H29NO5. The van der Waals surface area contributed by atoms with Gasteiger partial charge in [0.25, 0.3) is 5.90 Å². The Labute approximate surface area is 183 Å². The number of benzene rings is 2. The van der Waals surface area contributed by atoms with Crippen LogP contribution in [0.1, 0.15) is 49.8 Å². The Kier molecular flexibility index (Phi) is 7.70. The van der Waals surface area contributed by atoms with E-state index in [1.165, 1.54) is 7.11 Å². The van der Waals surface area contributed by atoms with Crippen LogP contribution in [0.15, 0.2) is 59.3 Å². The van der Waals surface area contributed by atoms with Crippen LogP contribution in [0.4, 0.5) is 0 Å². The summed E-state index contributed by atoms with van der Waals surface area (Å²) < 4.78 is 16.6. The van der Waals surface area contributed by atoms with E-state index in [-0.39, 0.29) is 23.0 Å². The molecule has 31 heavy (non-hydrogen) atoms. The Balaban J connectivity index is 2.00. The summed E-state index contributed by atoms with van der Waals surface area (Å²) in [5.41, 5.74) is 1.43. The van der Waals surface area contributed by atoms with Crippen LogP contribution in [-0.2, 0) is 9.53 Å². The summed E-state index contributed by atoms with van der Waals surface area (Å²) in [6.45, 7) is 2.67. The van der Waals surface area contributed by atoms with Crippen molar-refractivity contribution in [1.82, 2.24) is 0 Å². The predicted octanol–water partition coefficient (Wildman–Crippen LogP) is 5.29.